The summed E-state index contributed by atoms with van der Waals surface area (Å²) in [5.41, 5.74) is 1.14. The molecule has 2 fully saturated rings. The number of amides is 1. The highest BCUT2D eigenvalue weighted by Crippen LogP contribution is 2.37. The van der Waals surface area contributed by atoms with Crippen LogP contribution in [0.3, 0.4) is 0 Å². The van der Waals surface area contributed by atoms with Gasteiger partial charge in [-0.2, -0.15) is 13.2 Å². The Morgan fingerprint density at radius 3 is 2.61 bits per heavy atom. The quantitative estimate of drug-likeness (QED) is 0.790. The zero-order valence-electron chi connectivity index (χ0n) is 15.5. The Morgan fingerprint density at radius 1 is 1.36 bits per heavy atom. The minimum Gasteiger partial charge on any atom is -0.475 e. The molecular formula is C19H24F3N3O3. The number of pyridine rings is 1. The zero-order chi connectivity index (χ0) is 20.8. The maximum Gasteiger partial charge on any atom is 0.490 e. The van der Waals surface area contributed by atoms with Gasteiger partial charge in [-0.15, -0.1) is 6.58 Å². The van der Waals surface area contributed by atoms with Gasteiger partial charge in [0.15, 0.2) is 0 Å². The van der Waals surface area contributed by atoms with Crippen molar-refractivity contribution in [2.45, 2.75) is 43.8 Å². The molecule has 0 bridgehead atoms. The molecule has 1 aromatic rings. The van der Waals surface area contributed by atoms with Gasteiger partial charge in [0.05, 0.1) is 17.4 Å². The summed E-state index contributed by atoms with van der Waals surface area (Å²) in [6.45, 7) is 6.45. The van der Waals surface area contributed by atoms with E-state index in [0.717, 1.165) is 44.5 Å². The van der Waals surface area contributed by atoms with Gasteiger partial charge in [-0.1, -0.05) is 6.08 Å². The number of carbonyl (C=O) groups excluding carboxylic acids is 1. The van der Waals surface area contributed by atoms with E-state index < -0.39 is 12.1 Å². The van der Waals surface area contributed by atoms with Gasteiger partial charge in [0.2, 0.25) is 5.91 Å². The molecule has 2 aliphatic heterocycles. The van der Waals surface area contributed by atoms with Gasteiger partial charge >= 0.3 is 12.1 Å². The summed E-state index contributed by atoms with van der Waals surface area (Å²) in [7, 11) is 0. The van der Waals surface area contributed by atoms with E-state index in [4.69, 9.17) is 9.90 Å². The fourth-order valence-corrected chi connectivity index (χ4v) is 3.83. The lowest BCUT2D eigenvalue weighted by molar-refractivity contribution is -0.192. The van der Waals surface area contributed by atoms with Crippen LogP contribution >= 0.6 is 0 Å². The molecule has 1 spiro atoms. The second-order valence-electron chi connectivity index (χ2n) is 6.91. The first-order valence-corrected chi connectivity index (χ1v) is 9.06. The third-order valence-corrected chi connectivity index (χ3v) is 5.03. The van der Waals surface area contributed by atoms with Crippen molar-refractivity contribution in [3.63, 3.8) is 0 Å². The number of carbonyl (C=O) groups is 2. The summed E-state index contributed by atoms with van der Waals surface area (Å²) < 4.78 is 31.7. The minimum absolute atomic E-state index is 0.0163. The average molecular weight is 399 g/mol. The van der Waals surface area contributed by atoms with Crippen LogP contribution < -0.4 is 4.90 Å². The summed E-state index contributed by atoms with van der Waals surface area (Å²) in [5, 5.41) is 7.12. The van der Waals surface area contributed by atoms with Crippen LogP contribution in [0.25, 0.3) is 0 Å². The number of hydrogen-bond donors (Lipinski definition) is 1. The van der Waals surface area contributed by atoms with Gasteiger partial charge in [0, 0.05) is 32.3 Å². The predicted octanol–water partition coefficient (Wildman–Crippen LogP) is 3.25. The molecule has 0 radical (unpaired) electrons. The number of rotatable bonds is 3. The number of halogens is 3. The molecule has 3 rings (SSSR count). The van der Waals surface area contributed by atoms with E-state index in [-0.39, 0.29) is 11.4 Å². The van der Waals surface area contributed by atoms with Gasteiger partial charge in [-0.25, -0.2) is 4.79 Å². The lowest BCUT2D eigenvalue weighted by atomic mass is 9.79. The lowest BCUT2D eigenvalue weighted by Crippen LogP contribution is -2.62. The van der Waals surface area contributed by atoms with Crippen molar-refractivity contribution in [1.29, 1.82) is 0 Å². The first kappa shape index (κ1) is 21.7. The molecule has 1 unspecified atom stereocenters. The number of hydrogen-bond acceptors (Lipinski definition) is 4. The van der Waals surface area contributed by atoms with E-state index in [1.165, 1.54) is 0 Å². The van der Waals surface area contributed by atoms with Crippen LogP contribution in [0.5, 0.6) is 0 Å². The summed E-state index contributed by atoms with van der Waals surface area (Å²) >= 11 is 0. The number of alkyl halides is 3. The molecule has 28 heavy (non-hydrogen) atoms. The third-order valence-electron chi connectivity index (χ3n) is 5.03. The van der Waals surface area contributed by atoms with Crippen LogP contribution in [0.2, 0.25) is 0 Å². The highest BCUT2D eigenvalue weighted by molar-refractivity contribution is 5.78. The summed E-state index contributed by atoms with van der Waals surface area (Å²) in [6.07, 6.45) is 5.51. The number of nitrogens with zero attached hydrogens (tertiary/aromatic N) is 3. The SMILES string of the molecule is C=CCN1C(=O)CCCC12CCCN(c1cccnc1)C2.O=C(O)C(F)(F)F. The van der Waals surface area contributed by atoms with E-state index in [9.17, 15) is 18.0 Å². The largest absolute Gasteiger partial charge is 0.490 e. The smallest absolute Gasteiger partial charge is 0.475 e. The monoisotopic (exact) mass is 399 g/mol. The van der Waals surface area contributed by atoms with E-state index in [1.54, 1.807) is 6.20 Å². The Balaban J connectivity index is 0.000000345. The summed E-state index contributed by atoms with van der Waals surface area (Å²) in [6, 6.07) is 4.08. The number of piperidine rings is 2. The number of carboxylic acid groups (broad SMARTS) is 1. The third kappa shape index (κ3) is 5.24. The van der Waals surface area contributed by atoms with Gasteiger partial charge in [0.25, 0.3) is 0 Å². The van der Waals surface area contributed by atoms with Crippen LogP contribution in [-0.2, 0) is 9.59 Å². The van der Waals surface area contributed by atoms with Crippen LogP contribution in [0.1, 0.15) is 32.1 Å². The van der Waals surface area contributed by atoms with Crippen molar-refractivity contribution in [2.24, 2.45) is 0 Å². The van der Waals surface area contributed by atoms with Crippen molar-refractivity contribution in [3.8, 4) is 0 Å². The Hall–Kier alpha value is -2.58. The molecule has 3 heterocycles. The van der Waals surface area contributed by atoms with Crippen molar-refractivity contribution < 1.29 is 27.9 Å². The Morgan fingerprint density at radius 2 is 2.04 bits per heavy atom. The minimum atomic E-state index is -5.08. The van der Waals surface area contributed by atoms with Gasteiger partial charge in [0.1, 0.15) is 0 Å². The second-order valence-corrected chi connectivity index (χ2v) is 6.91. The maximum atomic E-state index is 12.3. The summed E-state index contributed by atoms with van der Waals surface area (Å²) in [4.78, 5) is 29.9. The van der Waals surface area contributed by atoms with Crippen molar-refractivity contribution in [3.05, 3.63) is 37.2 Å². The average Bonchev–Trinajstić information content (AvgIpc) is 2.66. The van der Waals surface area contributed by atoms with Gasteiger partial charge < -0.3 is 14.9 Å². The fourth-order valence-electron chi connectivity index (χ4n) is 3.83. The molecule has 2 aliphatic rings. The van der Waals surface area contributed by atoms with E-state index in [0.29, 0.717) is 13.0 Å². The first-order chi connectivity index (χ1) is 13.2. The first-order valence-electron chi connectivity index (χ1n) is 9.06. The molecule has 6 nitrogen and oxygen atoms in total. The van der Waals surface area contributed by atoms with Crippen LogP contribution in [0, 0.1) is 0 Å². The van der Waals surface area contributed by atoms with E-state index in [1.807, 2.05) is 18.3 Å². The second kappa shape index (κ2) is 9.07. The number of aromatic nitrogens is 1. The normalized spacial score (nSPS) is 22.5. The topological polar surface area (TPSA) is 73.7 Å². The number of aliphatic carboxylic acids is 1. The molecule has 0 saturated carbocycles. The Labute approximate surface area is 161 Å². The molecule has 1 amide bonds. The molecule has 0 aromatic carbocycles. The fraction of sp³-hybridized carbons (Fsp3) is 0.526. The molecular weight excluding hydrogens is 375 g/mol. The van der Waals surface area contributed by atoms with Gasteiger partial charge in [-0.05, 0) is 37.8 Å². The maximum absolute atomic E-state index is 12.3. The highest BCUT2D eigenvalue weighted by Gasteiger charge is 2.44. The van der Waals surface area contributed by atoms with Crippen molar-refractivity contribution >= 4 is 17.6 Å². The molecule has 9 heteroatoms. The molecule has 1 aromatic heterocycles. The van der Waals surface area contributed by atoms with Crippen LogP contribution in [0.4, 0.5) is 18.9 Å². The molecule has 1 N–H and O–H groups in total. The van der Waals surface area contributed by atoms with Crippen LogP contribution in [-0.4, -0.2) is 58.2 Å². The van der Waals surface area contributed by atoms with Crippen molar-refractivity contribution in [1.82, 2.24) is 9.88 Å². The molecule has 1 atom stereocenters. The highest BCUT2D eigenvalue weighted by atomic mass is 19.4. The van der Waals surface area contributed by atoms with Crippen LogP contribution in [0.15, 0.2) is 37.2 Å². The van der Waals surface area contributed by atoms with E-state index >= 15 is 0 Å². The number of likely N-dealkylation sites (tertiary alicyclic amines) is 1. The Bertz CT molecular complexity index is 693. The van der Waals surface area contributed by atoms with E-state index in [2.05, 4.69) is 27.4 Å². The number of anilines is 1. The molecule has 0 aliphatic carbocycles. The molecule has 2 saturated heterocycles. The van der Waals surface area contributed by atoms with Crippen molar-refractivity contribution in [2.75, 3.05) is 24.5 Å². The lowest BCUT2D eigenvalue weighted by Gasteiger charge is -2.52. The predicted molar refractivity (Wildman–Crippen MR) is 97.9 cm³/mol. The summed E-state index contributed by atoms with van der Waals surface area (Å²) in [5.74, 6) is -2.47. The Kier molecular flexibility index (Phi) is 7.04. The standard InChI is InChI=1S/C17H23N3O.C2HF3O2/c1-2-11-20-16(21)7-3-8-17(20)9-5-12-19(14-17)15-6-4-10-18-13-15;3-2(4,5)1(6)7/h2,4,6,10,13H,1,3,5,7-9,11-12,14H2;(H,6,7). The number of carboxylic acids is 1. The molecule has 154 valence electrons. The zero-order valence-corrected chi connectivity index (χ0v) is 15.5. The van der Waals surface area contributed by atoms with Gasteiger partial charge in [-0.3, -0.25) is 9.78 Å².